The average molecular weight is 395 g/mol. The van der Waals surface area contributed by atoms with Gasteiger partial charge in [-0.15, -0.1) is 0 Å². The van der Waals surface area contributed by atoms with Crippen LogP contribution in [0.5, 0.6) is 5.75 Å². The van der Waals surface area contributed by atoms with Crippen LogP contribution in [0.2, 0.25) is 15.1 Å². The molecule has 0 heterocycles. The Bertz CT molecular complexity index is 616. The zero-order valence-corrected chi connectivity index (χ0v) is 14.5. The van der Waals surface area contributed by atoms with Crippen molar-refractivity contribution in [3.05, 3.63) is 62.6 Å². The molecule has 5 heteroatoms. The van der Waals surface area contributed by atoms with Gasteiger partial charge in [0.25, 0.3) is 0 Å². The second-order valence-corrected chi connectivity index (χ2v) is 6.60. The van der Waals surface area contributed by atoms with Crippen molar-refractivity contribution in [2.75, 3.05) is 7.11 Å². The maximum atomic E-state index is 6.28. The molecule has 1 nitrogen and oxygen atoms in total. The second kappa shape index (κ2) is 7.04. The predicted octanol–water partition coefficient (Wildman–Crippen LogP) is 6.33. The molecule has 2 aromatic rings. The number of ether oxygens (including phenoxy) is 1. The van der Waals surface area contributed by atoms with Gasteiger partial charge in [-0.05, 0) is 29.7 Å². The first-order chi connectivity index (χ1) is 9.52. The minimum atomic E-state index is 0.0262. The third kappa shape index (κ3) is 3.62. The Labute approximate surface area is 141 Å². The number of methoxy groups -OCH3 is 1. The van der Waals surface area contributed by atoms with E-state index in [9.17, 15) is 0 Å². The van der Waals surface area contributed by atoms with Gasteiger partial charge < -0.3 is 4.74 Å². The minimum Gasteiger partial charge on any atom is -0.495 e. The smallest absolute Gasteiger partial charge is 0.138 e. The molecule has 1 atom stereocenters. The normalized spacial score (nSPS) is 12.2. The van der Waals surface area contributed by atoms with Crippen LogP contribution < -0.4 is 4.74 Å². The van der Waals surface area contributed by atoms with Crippen LogP contribution in [0.25, 0.3) is 0 Å². The summed E-state index contributed by atoms with van der Waals surface area (Å²) < 4.78 is 5.15. The van der Waals surface area contributed by atoms with E-state index in [0.717, 1.165) is 22.6 Å². The Morgan fingerprint density at radius 2 is 1.75 bits per heavy atom. The van der Waals surface area contributed by atoms with Crippen molar-refractivity contribution >= 4 is 50.7 Å². The first-order valence-electron chi connectivity index (χ1n) is 5.93. The van der Waals surface area contributed by atoms with Gasteiger partial charge in [-0.1, -0.05) is 68.9 Å². The maximum absolute atomic E-state index is 6.28. The molecule has 0 radical (unpaired) electrons. The Balaban J connectivity index is 2.28. The Morgan fingerprint density at radius 3 is 2.40 bits per heavy atom. The molecule has 0 aliphatic heterocycles. The highest BCUT2D eigenvalue weighted by Crippen LogP contribution is 2.39. The van der Waals surface area contributed by atoms with Crippen LogP contribution in [-0.2, 0) is 6.42 Å². The summed E-state index contributed by atoms with van der Waals surface area (Å²) in [7, 11) is 1.56. The van der Waals surface area contributed by atoms with Gasteiger partial charge in [0, 0.05) is 20.9 Å². The first kappa shape index (κ1) is 16.0. The Hall–Kier alpha value is -0.410. The molecule has 0 aliphatic carbocycles. The fourth-order valence-electron chi connectivity index (χ4n) is 1.91. The summed E-state index contributed by atoms with van der Waals surface area (Å²) in [6, 6.07) is 11.3. The summed E-state index contributed by atoms with van der Waals surface area (Å²) in [5.41, 5.74) is 1.97. The molecule has 20 heavy (non-hydrogen) atoms. The molecular weight excluding hydrogens is 382 g/mol. The van der Waals surface area contributed by atoms with Gasteiger partial charge in [-0.25, -0.2) is 0 Å². The van der Waals surface area contributed by atoms with Crippen molar-refractivity contribution < 1.29 is 4.74 Å². The van der Waals surface area contributed by atoms with E-state index in [0.29, 0.717) is 15.8 Å². The van der Waals surface area contributed by atoms with Crippen molar-refractivity contribution in [2.45, 2.75) is 11.2 Å². The lowest BCUT2D eigenvalue weighted by Crippen LogP contribution is -1.98. The zero-order valence-electron chi connectivity index (χ0n) is 10.7. The zero-order chi connectivity index (χ0) is 14.7. The molecule has 0 N–H and O–H groups in total. The second-order valence-electron chi connectivity index (χ2n) is 4.27. The van der Waals surface area contributed by atoms with E-state index >= 15 is 0 Å². The fraction of sp³-hybridized carbons (Fsp3) is 0.200. The summed E-state index contributed by atoms with van der Waals surface area (Å²) in [6.45, 7) is 0. The standard InChI is InChI=1S/C15H12BrCl3O/c1-20-15-8-13(18)10(7-14(15)19)11(16)6-9-4-2-3-5-12(9)17/h2-5,7-8,11H,6H2,1H3. The summed E-state index contributed by atoms with van der Waals surface area (Å²) in [4.78, 5) is 0.0262. The lowest BCUT2D eigenvalue weighted by molar-refractivity contribution is 0.415. The number of hydrogen-bond acceptors (Lipinski definition) is 1. The van der Waals surface area contributed by atoms with Gasteiger partial charge in [0.05, 0.1) is 12.1 Å². The number of benzene rings is 2. The van der Waals surface area contributed by atoms with Crippen LogP contribution in [-0.4, -0.2) is 7.11 Å². The summed E-state index contributed by atoms with van der Waals surface area (Å²) >= 11 is 22.2. The van der Waals surface area contributed by atoms with Gasteiger partial charge in [0.1, 0.15) is 5.75 Å². The molecule has 0 aromatic heterocycles. The molecule has 0 spiro atoms. The molecule has 0 aliphatic rings. The van der Waals surface area contributed by atoms with Crippen LogP contribution in [0.3, 0.4) is 0 Å². The molecule has 1 unspecified atom stereocenters. The lowest BCUT2D eigenvalue weighted by Gasteiger charge is -2.15. The molecule has 0 saturated heterocycles. The van der Waals surface area contributed by atoms with E-state index in [2.05, 4.69) is 15.9 Å². The van der Waals surface area contributed by atoms with Crippen LogP contribution in [0.4, 0.5) is 0 Å². The van der Waals surface area contributed by atoms with Crippen molar-refractivity contribution in [1.82, 2.24) is 0 Å². The average Bonchev–Trinajstić information content (AvgIpc) is 2.43. The third-order valence-electron chi connectivity index (χ3n) is 2.97. The van der Waals surface area contributed by atoms with Crippen LogP contribution >= 0.6 is 50.7 Å². The van der Waals surface area contributed by atoms with Crippen LogP contribution in [0, 0.1) is 0 Å². The van der Waals surface area contributed by atoms with Crippen LogP contribution in [0.15, 0.2) is 36.4 Å². The van der Waals surface area contributed by atoms with E-state index in [1.807, 2.05) is 30.3 Å². The Kier molecular flexibility index (Phi) is 5.62. The third-order valence-corrected chi connectivity index (χ3v) is 4.77. The first-order valence-corrected chi connectivity index (χ1v) is 7.98. The van der Waals surface area contributed by atoms with Gasteiger partial charge in [0.15, 0.2) is 0 Å². The summed E-state index contributed by atoms with van der Waals surface area (Å²) in [5.74, 6) is 0.567. The molecule has 2 aromatic carbocycles. The fourth-order valence-corrected chi connectivity index (χ4v) is 3.51. The number of alkyl halides is 1. The van der Waals surface area contributed by atoms with Crippen LogP contribution in [0.1, 0.15) is 16.0 Å². The van der Waals surface area contributed by atoms with E-state index in [-0.39, 0.29) is 4.83 Å². The monoisotopic (exact) mass is 392 g/mol. The molecular formula is C15H12BrCl3O. The van der Waals surface area contributed by atoms with Crippen molar-refractivity contribution in [2.24, 2.45) is 0 Å². The molecule has 0 fully saturated rings. The van der Waals surface area contributed by atoms with E-state index < -0.39 is 0 Å². The minimum absolute atomic E-state index is 0.0262. The number of hydrogen-bond donors (Lipinski definition) is 0. The van der Waals surface area contributed by atoms with Gasteiger partial charge in [-0.2, -0.15) is 0 Å². The SMILES string of the molecule is COc1cc(Cl)c(C(Br)Cc2ccccc2Cl)cc1Cl. The highest BCUT2D eigenvalue weighted by Gasteiger charge is 2.16. The van der Waals surface area contributed by atoms with E-state index in [1.165, 1.54) is 0 Å². The largest absolute Gasteiger partial charge is 0.495 e. The van der Waals surface area contributed by atoms with E-state index in [1.54, 1.807) is 13.2 Å². The van der Waals surface area contributed by atoms with Gasteiger partial charge in [0.2, 0.25) is 0 Å². The lowest BCUT2D eigenvalue weighted by atomic mass is 10.0. The highest BCUT2D eigenvalue weighted by molar-refractivity contribution is 9.09. The summed E-state index contributed by atoms with van der Waals surface area (Å²) in [5, 5.41) is 1.89. The number of halogens is 4. The van der Waals surface area contributed by atoms with Gasteiger partial charge in [-0.3, -0.25) is 0 Å². The van der Waals surface area contributed by atoms with Gasteiger partial charge >= 0.3 is 0 Å². The van der Waals surface area contributed by atoms with E-state index in [4.69, 9.17) is 39.5 Å². The predicted molar refractivity (Wildman–Crippen MR) is 89.8 cm³/mol. The molecule has 0 saturated carbocycles. The molecule has 0 bridgehead atoms. The summed E-state index contributed by atoms with van der Waals surface area (Å²) in [6.07, 6.45) is 0.724. The molecule has 0 amide bonds. The Morgan fingerprint density at radius 1 is 1.05 bits per heavy atom. The molecule has 2 rings (SSSR count). The number of rotatable bonds is 4. The van der Waals surface area contributed by atoms with Crippen molar-refractivity contribution in [1.29, 1.82) is 0 Å². The topological polar surface area (TPSA) is 9.23 Å². The highest BCUT2D eigenvalue weighted by atomic mass is 79.9. The quantitative estimate of drug-likeness (QED) is 0.550. The van der Waals surface area contributed by atoms with Crippen molar-refractivity contribution in [3.63, 3.8) is 0 Å². The molecule has 106 valence electrons. The maximum Gasteiger partial charge on any atom is 0.138 e. The van der Waals surface area contributed by atoms with Crippen molar-refractivity contribution in [3.8, 4) is 5.75 Å².